The quantitative estimate of drug-likeness (QED) is 0.441. The van der Waals surface area contributed by atoms with Gasteiger partial charge in [0.2, 0.25) is 0 Å². The van der Waals surface area contributed by atoms with Gasteiger partial charge in [0.25, 0.3) is 0 Å². The topological polar surface area (TPSA) is 50.2 Å². The summed E-state index contributed by atoms with van der Waals surface area (Å²) in [5, 5.41) is 9.06. The summed E-state index contributed by atoms with van der Waals surface area (Å²) in [6.45, 7) is 1.43. The van der Waals surface area contributed by atoms with Gasteiger partial charge in [-0.3, -0.25) is 4.79 Å². The van der Waals surface area contributed by atoms with Crippen molar-refractivity contribution in [2.24, 2.45) is 0 Å². The van der Waals surface area contributed by atoms with Gasteiger partial charge >= 0.3 is 0 Å². The van der Waals surface area contributed by atoms with E-state index >= 15 is 0 Å². The first-order chi connectivity index (χ1) is 10.7. The van der Waals surface area contributed by atoms with Gasteiger partial charge in [-0.2, -0.15) is 0 Å². The second-order valence-electron chi connectivity index (χ2n) is 4.56. The Morgan fingerprint density at radius 2 is 1.70 bits per heavy atom. The number of rotatable bonds is 2. The first kappa shape index (κ1) is 18.8. The van der Waals surface area contributed by atoms with Gasteiger partial charge < -0.3 is 10.1 Å². The fraction of sp³-hybridized carbons (Fsp3) is 0.0526. The molecule has 0 atom stereocenters. The van der Waals surface area contributed by atoms with Crippen LogP contribution in [-0.4, -0.2) is 15.9 Å². The zero-order valence-corrected chi connectivity index (χ0v) is 15.0. The molecule has 119 valence electrons. The molecule has 0 saturated heterocycles. The largest absolute Gasteiger partial charge is 0.507 e. The summed E-state index contributed by atoms with van der Waals surface area (Å²) in [7, 11) is 0. The Bertz CT molecular complexity index is 693. The van der Waals surface area contributed by atoms with E-state index < -0.39 is 0 Å². The van der Waals surface area contributed by atoms with E-state index in [4.69, 9.17) is 5.11 Å². The van der Waals surface area contributed by atoms with Crippen LogP contribution in [0.2, 0.25) is 0 Å². The number of para-hydroxylation sites is 1. The summed E-state index contributed by atoms with van der Waals surface area (Å²) in [4.78, 5) is 14.9. The Balaban J connectivity index is 0.000000224. The number of phenolic OH excluding ortho intramolecular Hbond substituents is 1. The van der Waals surface area contributed by atoms with E-state index in [0.29, 0.717) is 5.56 Å². The molecule has 0 amide bonds. The van der Waals surface area contributed by atoms with Gasteiger partial charge in [-0.15, -0.1) is 35.9 Å². The number of Topliss-reactive ketones (excluding diaryl/α,β-unsaturated/α-hetero) is 1. The molecule has 0 unspecified atom stereocenters. The second kappa shape index (κ2) is 9.67. The molecule has 23 heavy (non-hydrogen) atoms. The number of benzene rings is 2. The van der Waals surface area contributed by atoms with Crippen LogP contribution in [0.25, 0.3) is 11.3 Å². The Hall–Kier alpha value is -2.29. The molecule has 1 radical (unpaired) electrons. The molecule has 1 heterocycles. The van der Waals surface area contributed by atoms with Crippen molar-refractivity contribution >= 4 is 5.78 Å². The fourth-order valence-electron chi connectivity index (χ4n) is 1.85. The van der Waals surface area contributed by atoms with Crippen LogP contribution in [0.5, 0.6) is 5.75 Å². The third kappa shape index (κ3) is 5.78. The molecule has 3 rings (SSSR count). The molecule has 0 spiro atoms. The van der Waals surface area contributed by atoms with Crippen LogP contribution in [0.3, 0.4) is 0 Å². The van der Waals surface area contributed by atoms with Crippen LogP contribution < -0.4 is 0 Å². The number of hydrogen-bond acceptors (Lipinski definition) is 3. The summed E-state index contributed by atoms with van der Waals surface area (Å²) in [5.41, 5.74) is 2.39. The minimum absolute atomic E-state index is 0. The van der Waals surface area contributed by atoms with Crippen LogP contribution in [-0.2, 0) is 20.1 Å². The summed E-state index contributed by atoms with van der Waals surface area (Å²) in [6, 6.07) is 23.3. The van der Waals surface area contributed by atoms with Gasteiger partial charge in [0, 0.05) is 26.3 Å². The molecule has 0 aliphatic carbocycles. The van der Waals surface area contributed by atoms with Gasteiger partial charge in [0.15, 0.2) is 5.78 Å². The van der Waals surface area contributed by atoms with Crippen molar-refractivity contribution < 1.29 is 30.0 Å². The van der Waals surface area contributed by atoms with Crippen molar-refractivity contribution in [2.75, 3.05) is 0 Å². The van der Waals surface area contributed by atoms with Gasteiger partial charge in [0.05, 0.1) is 5.56 Å². The molecule has 3 nitrogen and oxygen atoms in total. The van der Waals surface area contributed by atoms with E-state index in [1.54, 1.807) is 24.4 Å². The normalized spacial score (nSPS) is 9.09. The summed E-state index contributed by atoms with van der Waals surface area (Å²) >= 11 is 0. The third-order valence-corrected chi connectivity index (χ3v) is 2.93. The van der Waals surface area contributed by atoms with Gasteiger partial charge in [-0.25, -0.2) is 0 Å². The molecule has 1 aromatic heterocycles. The zero-order chi connectivity index (χ0) is 15.8. The van der Waals surface area contributed by atoms with Crippen LogP contribution in [0, 0.1) is 6.07 Å². The average molecular weight is 483 g/mol. The minimum Gasteiger partial charge on any atom is -0.507 e. The van der Waals surface area contributed by atoms with Crippen LogP contribution in [0.4, 0.5) is 0 Å². The van der Waals surface area contributed by atoms with E-state index in [1.165, 1.54) is 13.0 Å². The number of carbonyl (C=O) groups excluding carboxylic acids is 1. The maximum Gasteiger partial charge on any atom is 0.163 e. The van der Waals surface area contributed by atoms with Crippen molar-refractivity contribution in [3.05, 3.63) is 84.6 Å². The molecule has 0 aliphatic rings. The SMILES string of the molecule is CC(=O)c1ccccc1O.[Ir].[c-]1ccccc1-c1ccccn1. The Kier molecular flexibility index (Phi) is 7.89. The van der Waals surface area contributed by atoms with Crippen LogP contribution in [0.1, 0.15) is 17.3 Å². The first-order valence-corrected chi connectivity index (χ1v) is 6.85. The number of aromatic nitrogens is 1. The standard InChI is InChI=1S/C11H8N.C8H8O2.Ir/c1-2-6-10(7-3-1)11-8-4-5-9-12-11;1-6(9)7-4-2-3-5-8(7)10;/h1-6,8-9H;2-5,10H,1H3;/q-1;;. The summed E-state index contributed by atoms with van der Waals surface area (Å²) in [6.07, 6.45) is 1.79. The summed E-state index contributed by atoms with van der Waals surface area (Å²) < 4.78 is 0. The number of carbonyl (C=O) groups is 1. The predicted molar refractivity (Wildman–Crippen MR) is 86.6 cm³/mol. The number of aromatic hydroxyl groups is 1. The van der Waals surface area contributed by atoms with Gasteiger partial charge in [0.1, 0.15) is 5.75 Å². The molecule has 0 saturated carbocycles. The molecule has 4 heteroatoms. The van der Waals surface area contributed by atoms with Crippen molar-refractivity contribution in [1.82, 2.24) is 4.98 Å². The molecule has 0 bridgehead atoms. The maximum atomic E-state index is 10.7. The summed E-state index contributed by atoms with van der Waals surface area (Å²) in [5.74, 6) is -0.0619. The molecule has 3 aromatic rings. The number of nitrogens with zero attached hydrogens (tertiary/aromatic N) is 1. The van der Waals surface area contributed by atoms with Crippen molar-refractivity contribution in [1.29, 1.82) is 0 Å². The first-order valence-electron chi connectivity index (χ1n) is 6.85. The van der Waals surface area contributed by atoms with Gasteiger partial charge in [-0.05, 0) is 30.8 Å². The third-order valence-electron chi connectivity index (χ3n) is 2.93. The molecule has 0 aliphatic heterocycles. The monoisotopic (exact) mass is 483 g/mol. The van der Waals surface area contributed by atoms with Crippen molar-refractivity contribution in [3.63, 3.8) is 0 Å². The minimum atomic E-state index is -0.113. The predicted octanol–water partition coefficient (Wildman–Crippen LogP) is 4.14. The van der Waals surface area contributed by atoms with E-state index in [-0.39, 0.29) is 31.6 Å². The van der Waals surface area contributed by atoms with E-state index in [0.717, 1.165) is 11.3 Å². The van der Waals surface area contributed by atoms with E-state index in [1.807, 2.05) is 42.5 Å². The Morgan fingerprint density at radius 1 is 1.00 bits per heavy atom. The molecule has 2 aromatic carbocycles. The van der Waals surface area contributed by atoms with E-state index in [2.05, 4.69) is 11.1 Å². The number of pyridine rings is 1. The number of hydrogen-bond donors (Lipinski definition) is 1. The number of phenols is 1. The maximum absolute atomic E-state index is 10.7. The van der Waals surface area contributed by atoms with Crippen LogP contribution in [0.15, 0.2) is 72.9 Å². The second-order valence-corrected chi connectivity index (χ2v) is 4.56. The molecular formula is C19H16IrNO2-. The fourth-order valence-corrected chi connectivity index (χ4v) is 1.85. The zero-order valence-electron chi connectivity index (χ0n) is 12.6. The molecule has 1 N–H and O–H groups in total. The number of ketones is 1. The van der Waals surface area contributed by atoms with Crippen molar-refractivity contribution in [2.45, 2.75) is 6.92 Å². The van der Waals surface area contributed by atoms with Gasteiger partial charge in [-0.1, -0.05) is 24.3 Å². The van der Waals surface area contributed by atoms with E-state index in [9.17, 15) is 4.79 Å². The Morgan fingerprint density at radius 3 is 2.22 bits per heavy atom. The average Bonchev–Trinajstić information content (AvgIpc) is 2.57. The van der Waals surface area contributed by atoms with Crippen molar-refractivity contribution in [3.8, 4) is 17.0 Å². The molecular weight excluding hydrogens is 466 g/mol. The van der Waals surface area contributed by atoms with Crippen LogP contribution >= 0.6 is 0 Å². The molecule has 0 fully saturated rings. The Labute approximate surface area is 149 Å². The smallest absolute Gasteiger partial charge is 0.163 e.